The van der Waals surface area contributed by atoms with Crippen LogP contribution < -0.4 is 10.1 Å². The van der Waals surface area contributed by atoms with E-state index in [0.29, 0.717) is 17.9 Å². The van der Waals surface area contributed by atoms with Crippen LogP contribution in [0.15, 0.2) is 48.7 Å². The van der Waals surface area contributed by atoms with E-state index in [9.17, 15) is 15.0 Å². The van der Waals surface area contributed by atoms with Crippen LogP contribution >= 0.6 is 0 Å². The van der Waals surface area contributed by atoms with E-state index < -0.39 is 24.4 Å². The molecule has 6 heteroatoms. The Labute approximate surface area is 140 Å². The first kappa shape index (κ1) is 16.4. The first-order valence-corrected chi connectivity index (χ1v) is 7.86. The van der Waals surface area contributed by atoms with Crippen LogP contribution in [0.5, 0.6) is 5.75 Å². The normalized spacial score (nSPS) is 26.1. The predicted molar refractivity (Wildman–Crippen MR) is 87.7 cm³/mol. The van der Waals surface area contributed by atoms with Crippen LogP contribution in [0.1, 0.15) is 22.5 Å². The number of benzene rings is 1. The van der Waals surface area contributed by atoms with E-state index in [2.05, 4.69) is 10.3 Å². The van der Waals surface area contributed by atoms with Crippen LogP contribution in [-0.4, -0.2) is 45.5 Å². The molecule has 0 bridgehead atoms. The second-order valence-corrected chi connectivity index (χ2v) is 5.94. The number of hydrogen-bond acceptors (Lipinski definition) is 5. The van der Waals surface area contributed by atoms with Crippen LogP contribution in [0.4, 0.5) is 0 Å². The number of para-hydroxylation sites is 1. The molecule has 3 rings (SSSR count). The summed E-state index contributed by atoms with van der Waals surface area (Å²) in [6.07, 6.45) is -0.887. The van der Waals surface area contributed by atoms with Crippen LogP contribution in [0, 0.1) is 6.92 Å². The molecule has 1 aromatic heterocycles. The van der Waals surface area contributed by atoms with E-state index >= 15 is 0 Å². The highest BCUT2D eigenvalue weighted by atomic mass is 16.5. The van der Waals surface area contributed by atoms with Crippen molar-refractivity contribution in [2.75, 3.05) is 0 Å². The summed E-state index contributed by atoms with van der Waals surface area (Å²) in [5.74, 6) is 0.242. The molecule has 1 aliphatic rings. The minimum Gasteiger partial charge on any atom is -0.488 e. The molecule has 0 radical (unpaired) electrons. The number of amides is 1. The average Bonchev–Trinajstić information content (AvgIpc) is 2.84. The minimum atomic E-state index is -1.09. The Bertz CT molecular complexity index is 707. The molecule has 0 unspecified atom stereocenters. The molecule has 1 amide bonds. The van der Waals surface area contributed by atoms with E-state index in [4.69, 9.17) is 4.74 Å². The number of aromatic nitrogens is 1. The fourth-order valence-electron chi connectivity index (χ4n) is 2.88. The third-order valence-electron chi connectivity index (χ3n) is 4.20. The maximum absolute atomic E-state index is 12.3. The summed E-state index contributed by atoms with van der Waals surface area (Å²) in [4.78, 5) is 16.4. The number of nitrogens with one attached hydrogen (secondary N) is 1. The van der Waals surface area contributed by atoms with Gasteiger partial charge in [0, 0.05) is 12.6 Å². The zero-order chi connectivity index (χ0) is 17.1. The van der Waals surface area contributed by atoms with Gasteiger partial charge < -0.3 is 20.3 Å². The van der Waals surface area contributed by atoms with Gasteiger partial charge in [0.05, 0.1) is 6.04 Å². The molecule has 1 heterocycles. The highest BCUT2D eigenvalue weighted by Crippen LogP contribution is 2.26. The van der Waals surface area contributed by atoms with Crippen LogP contribution in [0.2, 0.25) is 0 Å². The second kappa shape index (κ2) is 6.98. The standard InChI is InChI=1S/C18H20N2O4/c1-11-6-5-9-19-15(11)18(23)20-13-10-14(17(22)16(13)21)24-12-7-3-2-4-8-12/h2-9,13-14,16-17,21-22H,10H2,1H3,(H,20,23)/t13-,14-,16+,17+/m1/s1. The Balaban J connectivity index is 1.67. The van der Waals surface area contributed by atoms with Crippen molar-refractivity contribution < 1.29 is 19.7 Å². The highest BCUT2D eigenvalue weighted by molar-refractivity contribution is 5.93. The molecule has 1 aromatic carbocycles. The molecular formula is C18H20N2O4. The lowest BCUT2D eigenvalue weighted by Gasteiger charge is -2.18. The number of aryl methyl sites for hydroxylation is 1. The maximum atomic E-state index is 12.3. The van der Waals surface area contributed by atoms with E-state index in [1.807, 2.05) is 18.2 Å². The quantitative estimate of drug-likeness (QED) is 0.781. The Hall–Kier alpha value is -2.44. The van der Waals surface area contributed by atoms with Crippen molar-refractivity contribution in [2.45, 2.75) is 37.7 Å². The third kappa shape index (κ3) is 3.39. The fraction of sp³-hybridized carbons (Fsp3) is 0.333. The van der Waals surface area contributed by atoms with Gasteiger partial charge in [-0.3, -0.25) is 9.78 Å². The van der Waals surface area contributed by atoms with Gasteiger partial charge in [-0.25, -0.2) is 0 Å². The lowest BCUT2D eigenvalue weighted by atomic mass is 10.1. The average molecular weight is 328 g/mol. The summed E-state index contributed by atoms with van der Waals surface area (Å²) in [5.41, 5.74) is 1.06. The maximum Gasteiger partial charge on any atom is 0.270 e. The summed E-state index contributed by atoms with van der Waals surface area (Å²) < 4.78 is 5.72. The monoisotopic (exact) mass is 328 g/mol. The predicted octanol–water partition coefficient (Wildman–Crippen LogP) is 1.06. The van der Waals surface area contributed by atoms with E-state index in [-0.39, 0.29) is 5.91 Å². The molecule has 1 saturated carbocycles. The largest absolute Gasteiger partial charge is 0.488 e. The zero-order valence-electron chi connectivity index (χ0n) is 13.3. The van der Waals surface area contributed by atoms with Crippen molar-refractivity contribution in [3.05, 3.63) is 59.9 Å². The molecule has 1 fully saturated rings. The number of carbonyl (C=O) groups excluding carboxylic acids is 1. The van der Waals surface area contributed by atoms with Crippen molar-refractivity contribution in [1.29, 1.82) is 0 Å². The van der Waals surface area contributed by atoms with Gasteiger partial charge in [0.25, 0.3) is 5.91 Å². The molecule has 24 heavy (non-hydrogen) atoms. The highest BCUT2D eigenvalue weighted by Gasteiger charge is 2.43. The lowest BCUT2D eigenvalue weighted by molar-refractivity contribution is -0.0135. The first-order chi connectivity index (χ1) is 11.6. The summed E-state index contributed by atoms with van der Waals surface area (Å²) in [6, 6.07) is 12.0. The lowest BCUT2D eigenvalue weighted by Crippen LogP contribution is -2.43. The summed E-state index contributed by atoms with van der Waals surface area (Å²) in [6.45, 7) is 1.79. The first-order valence-electron chi connectivity index (χ1n) is 7.86. The van der Waals surface area contributed by atoms with Gasteiger partial charge in [0.1, 0.15) is 29.8 Å². The van der Waals surface area contributed by atoms with Crippen molar-refractivity contribution in [1.82, 2.24) is 10.3 Å². The van der Waals surface area contributed by atoms with Gasteiger partial charge >= 0.3 is 0 Å². The van der Waals surface area contributed by atoms with E-state index in [0.717, 1.165) is 5.56 Å². The number of ether oxygens (including phenoxy) is 1. The summed E-state index contributed by atoms with van der Waals surface area (Å²) in [5, 5.41) is 23.1. The molecule has 2 aromatic rings. The van der Waals surface area contributed by atoms with Crippen molar-refractivity contribution in [3.63, 3.8) is 0 Å². The zero-order valence-corrected chi connectivity index (χ0v) is 13.3. The SMILES string of the molecule is Cc1cccnc1C(=O)N[C@@H]1C[C@@H](Oc2ccccc2)[C@H](O)[C@H]1O. The number of nitrogens with zero attached hydrogens (tertiary/aromatic N) is 1. The van der Waals surface area contributed by atoms with Crippen LogP contribution in [0.3, 0.4) is 0 Å². The molecule has 1 aliphatic carbocycles. The minimum absolute atomic E-state index is 0.312. The van der Waals surface area contributed by atoms with Gasteiger partial charge in [-0.05, 0) is 30.7 Å². The van der Waals surface area contributed by atoms with Crippen LogP contribution in [-0.2, 0) is 0 Å². The Morgan fingerprint density at radius 3 is 2.62 bits per heavy atom. The fourth-order valence-corrected chi connectivity index (χ4v) is 2.88. The topological polar surface area (TPSA) is 91.7 Å². The summed E-state index contributed by atoms with van der Waals surface area (Å²) >= 11 is 0. The number of aliphatic hydroxyl groups excluding tert-OH is 2. The van der Waals surface area contributed by atoms with Crippen LogP contribution in [0.25, 0.3) is 0 Å². The van der Waals surface area contributed by atoms with Gasteiger partial charge in [-0.1, -0.05) is 24.3 Å². The van der Waals surface area contributed by atoms with Gasteiger partial charge in [0.2, 0.25) is 0 Å². The molecule has 6 nitrogen and oxygen atoms in total. The van der Waals surface area contributed by atoms with Gasteiger partial charge in [-0.2, -0.15) is 0 Å². The Morgan fingerprint density at radius 2 is 1.92 bits per heavy atom. The Morgan fingerprint density at radius 1 is 1.17 bits per heavy atom. The van der Waals surface area contributed by atoms with Crippen molar-refractivity contribution in [2.24, 2.45) is 0 Å². The molecule has 126 valence electrons. The van der Waals surface area contributed by atoms with Gasteiger partial charge in [-0.15, -0.1) is 0 Å². The van der Waals surface area contributed by atoms with Gasteiger partial charge in [0.15, 0.2) is 0 Å². The molecule has 4 atom stereocenters. The van der Waals surface area contributed by atoms with Crippen molar-refractivity contribution >= 4 is 5.91 Å². The molecule has 3 N–H and O–H groups in total. The number of pyridine rings is 1. The Kier molecular flexibility index (Phi) is 4.78. The number of rotatable bonds is 4. The third-order valence-corrected chi connectivity index (χ3v) is 4.20. The number of aliphatic hydroxyl groups is 2. The van der Waals surface area contributed by atoms with E-state index in [1.165, 1.54) is 0 Å². The molecule has 0 spiro atoms. The molecule has 0 saturated heterocycles. The molecular weight excluding hydrogens is 308 g/mol. The van der Waals surface area contributed by atoms with Crippen molar-refractivity contribution in [3.8, 4) is 5.75 Å². The number of carbonyl (C=O) groups is 1. The van der Waals surface area contributed by atoms with E-state index in [1.54, 1.807) is 37.4 Å². The molecule has 0 aliphatic heterocycles. The summed E-state index contributed by atoms with van der Waals surface area (Å²) in [7, 11) is 0. The number of hydrogen-bond donors (Lipinski definition) is 3. The second-order valence-electron chi connectivity index (χ2n) is 5.94. The smallest absolute Gasteiger partial charge is 0.270 e.